The Kier molecular flexibility index (Phi) is 2.47. The molecule has 0 aliphatic heterocycles. The van der Waals surface area contributed by atoms with Gasteiger partial charge in [-0.2, -0.15) is 0 Å². The van der Waals surface area contributed by atoms with Gasteiger partial charge in [-0.3, -0.25) is 0 Å². The molecule has 0 saturated heterocycles. The quantitative estimate of drug-likeness (QED) is 0.665. The first-order chi connectivity index (χ1) is 7.93. The predicted molar refractivity (Wildman–Crippen MR) is 70.8 cm³/mol. The minimum Gasteiger partial charge on any atom is -0.381 e. The van der Waals surface area contributed by atoms with Gasteiger partial charge in [0.15, 0.2) is 0 Å². The molecule has 0 aromatic rings. The minimum atomic E-state index is 0.487. The van der Waals surface area contributed by atoms with Gasteiger partial charge in [0.2, 0.25) is 0 Å². The second-order valence-corrected chi connectivity index (χ2v) is 7.77. The normalized spacial score (nSPS) is 55.9. The van der Waals surface area contributed by atoms with Gasteiger partial charge in [-0.15, -0.1) is 0 Å². The standard InChI is InChI=1S/C16H28O/c1-10-6-7-16-9-12(10)15(3,4)14(16)13(17-5)8-11(16)2/h10-14H,6-9H2,1-5H3/t10-,11-,12+,13?,14+,16+/m1/s1. The third-order valence-corrected chi connectivity index (χ3v) is 6.97. The van der Waals surface area contributed by atoms with Crippen LogP contribution >= 0.6 is 0 Å². The molecule has 1 nitrogen and oxygen atoms in total. The second kappa shape index (κ2) is 3.50. The van der Waals surface area contributed by atoms with E-state index in [-0.39, 0.29) is 0 Å². The highest BCUT2D eigenvalue weighted by Gasteiger charge is 2.67. The van der Waals surface area contributed by atoms with Crippen molar-refractivity contribution >= 4 is 0 Å². The maximum Gasteiger partial charge on any atom is 0.0612 e. The van der Waals surface area contributed by atoms with Crippen LogP contribution in [0.5, 0.6) is 0 Å². The number of fused-ring (bicyclic) bond motifs is 1. The number of ether oxygens (including phenoxy) is 1. The average Bonchev–Trinajstić information content (AvgIpc) is 2.66. The smallest absolute Gasteiger partial charge is 0.0612 e. The van der Waals surface area contributed by atoms with Gasteiger partial charge in [-0.05, 0) is 60.2 Å². The molecule has 1 spiro atoms. The van der Waals surface area contributed by atoms with Crippen molar-refractivity contribution in [3.63, 3.8) is 0 Å². The lowest BCUT2D eigenvalue weighted by Crippen LogP contribution is -2.36. The van der Waals surface area contributed by atoms with E-state index >= 15 is 0 Å². The molecule has 0 heterocycles. The molecule has 17 heavy (non-hydrogen) atoms. The van der Waals surface area contributed by atoms with Crippen LogP contribution in [0.2, 0.25) is 0 Å². The van der Waals surface area contributed by atoms with Crippen molar-refractivity contribution in [1.29, 1.82) is 0 Å². The van der Waals surface area contributed by atoms with Crippen molar-refractivity contribution in [2.75, 3.05) is 7.11 Å². The van der Waals surface area contributed by atoms with Gasteiger partial charge in [-0.1, -0.05) is 27.7 Å². The van der Waals surface area contributed by atoms with Crippen LogP contribution < -0.4 is 0 Å². The summed E-state index contributed by atoms with van der Waals surface area (Å²) in [5, 5.41) is 0. The lowest BCUT2D eigenvalue weighted by molar-refractivity contribution is -0.00212. The predicted octanol–water partition coefficient (Wildman–Crippen LogP) is 4.12. The van der Waals surface area contributed by atoms with E-state index in [1.54, 1.807) is 0 Å². The SMILES string of the molecule is COC1C[C@@H](C)[C@]23CC[C@@H](C)[C@H](C2)C(C)(C)[C@H]13. The van der Waals surface area contributed by atoms with Crippen LogP contribution in [0.15, 0.2) is 0 Å². The van der Waals surface area contributed by atoms with Gasteiger partial charge in [-0.25, -0.2) is 0 Å². The molecule has 3 aliphatic carbocycles. The number of hydrogen-bond acceptors (Lipinski definition) is 1. The summed E-state index contributed by atoms with van der Waals surface area (Å²) in [5.41, 5.74) is 1.11. The largest absolute Gasteiger partial charge is 0.381 e. The Morgan fingerprint density at radius 2 is 1.88 bits per heavy atom. The van der Waals surface area contributed by atoms with E-state index in [0.717, 1.165) is 23.7 Å². The van der Waals surface area contributed by atoms with Crippen LogP contribution in [0.25, 0.3) is 0 Å². The van der Waals surface area contributed by atoms with Crippen LogP contribution in [0.1, 0.15) is 53.4 Å². The maximum absolute atomic E-state index is 5.87. The summed E-state index contributed by atoms with van der Waals surface area (Å²) in [6.07, 6.45) is 6.21. The number of hydrogen-bond donors (Lipinski definition) is 0. The Labute approximate surface area is 106 Å². The first-order valence-corrected chi connectivity index (χ1v) is 7.46. The van der Waals surface area contributed by atoms with Gasteiger partial charge in [0, 0.05) is 7.11 Å². The van der Waals surface area contributed by atoms with E-state index in [9.17, 15) is 0 Å². The monoisotopic (exact) mass is 236 g/mol. The van der Waals surface area contributed by atoms with Crippen LogP contribution in [0.3, 0.4) is 0 Å². The molecule has 3 rings (SSSR count). The summed E-state index contributed by atoms with van der Waals surface area (Å²) in [7, 11) is 1.93. The van der Waals surface area contributed by atoms with E-state index in [1.165, 1.54) is 25.7 Å². The highest BCUT2D eigenvalue weighted by molar-refractivity contribution is 5.16. The molecule has 1 unspecified atom stereocenters. The molecule has 3 aliphatic rings. The van der Waals surface area contributed by atoms with E-state index in [1.807, 2.05) is 7.11 Å². The highest BCUT2D eigenvalue weighted by atomic mass is 16.5. The molecule has 0 aromatic carbocycles. The molecule has 0 aromatic heterocycles. The third-order valence-electron chi connectivity index (χ3n) is 6.97. The Morgan fingerprint density at radius 1 is 1.18 bits per heavy atom. The van der Waals surface area contributed by atoms with Crippen LogP contribution in [-0.4, -0.2) is 13.2 Å². The molecule has 0 N–H and O–H groups in total. The summed E-state index contributed by atoms with van der Waals surface area (Å²) in [4.78, 5) is 0. The Bertz CT molecular complexity index is 321. The molecule has 0 amide bonds. The highest BCUT2D eigenvalue weighted by Crippen LogP contribution is 2.72. The van der Waals surface area contributed by atoms with Crippen molar-refractivity contribution in [3.8, 4) is 0 Å². The van der Waals surface area contributed by atoms with E-state index in [0.29, 0.717) is 16.9 Å². The van der Waals surface area contributed by atoms with Gasteiger partial charge >= 0.3 is 0 Å². The molecule has 3 fully saturated rings. The molecule has 6 atom stereocenters. The van der Waals surface area contributed by atoms with Gasteiger partial charge < -0.3 is 4.74 Å². The lowest BCUT2D eigenvalue weighted by atomic mass is 9.66. The van der Waals surface area contributed by atoms with E-state index < -0.39 is 0 Å². The van der Waals surface area contributed by atoms with Crippen LogP contribution in [-0.2, 0) is 4.74 Å². The first kappa shape index (κ1) is 12.0. The summed E-state index contributed by atoms with van der Waals surface area (Å²) in [6.45, 7) is 10.0. The second-order valence-electron chi connectivity index (χ2n) is 7.77. The van der Waals surface area contributed by atoms with Crippen molar-refractivity contribution < 1.29 is 4.74 Å². The summed E-state index contributed by atoms with van der Waals surface area (Å²) in [6, 6.07) is 0. The van der Waals surface area contributed by atoms with E-state index in [2.05, 4.69) is 27.7 Å². The molecular weight excluding hydrogens is 208 g/mol. The van der Waals surface area contributed by atoms with Crippen molar-refractivity contribution in [1.82, 2.24) is 0 Å². The number of rotatable bonds is 1. The zero-order chi connectivity index (χ0) is 12.4. The summed E-state index contributed by atoms with van der Waals surface area (Å²) < 4.78 is 5.87. The Hall–Kier alpha value is -0.0400. The fourth-order valence-electron chi connectivity index (χ4n) is 6.22. The topological polar surface area (TPSA) is 9.23 Å². The molecular formula is C16H28O. The Balaban J connectivity index is 2.05. The van der Waals surface area contributed by atoms with Crippen LogP contribution in [0, 0.1) is 34.5 Å². The van der Waals surface area contributed by atoms with Gasteiger partial charge in [0.25, 0.3) is 0 Å². The van der Waals surface area contributed by atoms with Crippen molar-refractivity contribution in [2.45, 2.75) is 59.5 Å². The fourth-order valence-corrected chi connectivity index (χ4v) is 6.22. The zero-order valence-electron chi connectivity index (χ0n) is 12.1. The minimum absolute atomic E-state index is 0.487. The fraction of sp³-hybridized carbons (Fsp3) is 1.00. The van der Waals surface area contributed by atoms with E-state index in [4.69, 9.17) is 4.74 Å². The lowest BCUT2D eigenvalue weighted by Gasteiger charge is -2.39. The average molecular weight is 236 g/mol. The first-order valence-electron chi connectivity index (χ1n) is 7.46. The molecule has 2 bridgehead atoms. The maximum atomic E-state index is 5.87. The molecule has 0 radical (unpaired) electrons. The molecule has 98 valence electrons. The number of methoxy groups -OCH3 is 1. The van der Waals surface area contributed by atoms with Crippen molar-refractivity contribution in [3.05, 3.63) is 0 Å². The van der Waals surface area contributed by atoms with Crippen LogP contribution in [0.4, 0.5) is 0 Å². The summed E-state index contributed by atoms with van der Waals surface area (Å²) in [5.74, 6) is 3.53. The summed E-state index contributed by atoms with van der Waals surface area (Å²) >= 11 is 0. The van der Waals surface area contributed by atoms with Gasteiger partial charge in [0.1, 0.15) is 0 Å². The Morgan fingerprint density at radius 3 is 2.53 bits per heavy atom. The van der Waals surface area contributed by atoms with Gasteiger partial charge in [0.05, 0.1) is 6.10 Å². The molecule has 3 saturated carbocycles. The third kappa shape index (κ3) is 1.30. The van der Waals surface area contributed by atoms with Crippen molar-refractivity contribution in [2.24, 2.45) is 34.5 Å². The molecule has 1 heteroatoms. The zero-order valence-corrected chi connectivity index (χ0v) is 12.1.